The topological polar surface area (TPSA) is 20.2 Å². The molecule has 1 nitrogen and oxygen atoms in total. The molecule has 2 unspecified atom stereocenters. The Morgan fingerprint density at radius 3 is 2.20 bits per heavy atom. The van der Waals surface area contributed by atoms with Crippen LogP contribution < -0.4 is 0 Å². The molecule has 90 valence electrons. The summed E-state index contributed by atoms with van der Waals surface area (Å²) in [5, 5.41) is 10.8. The largest absolute Gasteiger partial charge is 0.390 e. The van der Waals surface area contributed by atoms with E-state index in [2.05, 4.69) is 20.8 Å². The van der Waals surface area contributed by atoms with Crippen molar-refractivity contribution in [2.24, 2.45) is 11.8 Å². The molecule has 0 amide bonds. The number of rotatable bonds is 5. The zero-order chi connectivity index (χ0) is 11.3. The second-order valence-corrected chi connectivity index (χ2v) is 5.57. The van der Waals surface area contributed by atoms with Gasteiger partial charge in [0.15, 0.2) is 0 Å². The third-order valence-electron chi connectivity index (χ3n) is 4.06. The first-order valence-corrected chi connectivity index (χ1v) is 6.84. The highest BCUT2D eigenvalue weighted by Gasteiger charge is 2.36. The minimum absolute atomic E-state index is 0.349. The predicted molar refractivity (Wildman–Crippen MR) is 65.9 cm³/mol. The van der Waals surface area contributed by atoms with E-state index >= 15 is 0 Å². The summed E-state index contributed by atoms with van der Waals surface area (Å²) in [7, 11) is 0. The molecule has 0 aromatic rings. The molecular formula is C14H28O. The van der Waals surface area contributed by atoms with E-state index in [1.54, 1.807) is 0 Å². The van der Waals surface area contributed by atoms with E-state index in [4.69, 9.17) is 0 Å². The van der Waals surface area contributed by atoms with E-state index < -0.39 is 0 Å². The van der Waals surface area contributed by atoms with E-state index in [0.29, 0.717) is 5.92 Å². The molecule has 0 radical (unpaired) electrons. The minimum Gasteiger partial charge on any atom is -0.390 e. The fraction of sp³-hybridized carbons (Fsp3) is 1.00. The van der Waals surface area contributed by atoms with Crippen LogP contribution in [0.25, 0.3) is 0 Å². The lowest BCUT2D eigenvalue weighted by Crippen LogP contribution is -2.40. The molecule has 1 aliphatic carbocycles. The van der Waals surface area contributed by atoms with Crippen molar-refractivity contribution in [1.29, 1.82) is 0 Å². The maximum Gasteiger partial charge on any atom is 0.0675 e. The van der Waals surface area contributed by atoms with Crippen LogP contribution >= 0.6 is 0 Å². The number of hydrogen-bond donors (Lipinski definition) is 1. The summed E-state index contributed by atoms with van der Waals surface area (Å²) in [5.74, 6) is 1.39. The van der Waals surface area contributed by atoms with Gasteiger partial charge in [0, 0.05) is 0 Å². The van der Waals surface area contributed by atoms with Crippen molar-refractivity contribution in [2.45, 2.75) is 77.7 Å². The SMILES string of the molecule is CCCC(O)(CCC)C1CCCC(C)C1. The van der Waals surface area contributed by atoms with Gasteiger partial charge in [0.05, 0.1) is 5.60 Å². The molecule has 0 aromatic heterocycles. The van der Waals surface area contributed by atoms with Crippen LogP contribution in [0, 0.1) is 11.8 Å². The van der Waals surface area contributed by atoms with Crippen molar-refractivity contribution < 1.29 is 5.11 Å². The van der Waals surface area contributed by atoms with Gasteiger partial charge in [0.1, 0.15) is 0 Å². The quantitative estimate of drug-likeness (QED) is 0.726. The molecule has 1 N–H and O–H groups in total. The summed E-state index contributed by atoms with van der Waals surface area (Å²) < 4.78 is 0. The van der Waals surface area contributed by atoms with Gasteiger partial charge in [0.2, 0.25) is 0 Å². The maximum absolute atomic E-state index is 10.8. The van der Waals surface area contributed by atoms with E-state index in [0.717, 1.165) is 31.6 Å². The molecule has 0 spiro atoms. The van der Waals surface area contributed by atoms with Gasteiger partial charge >= 0.3 is 0 Å². The second-order valence-electron chi connectivity index (χ2n) is 5.57. The molecule has 0 heterocycles. The maximum atomic E-state index is 10.8. The molecule has 1 rings (SSSR count). The smallest absolute Gasteiger partial charge is 0.0675 e. The van der Waals surface area contributed by atoms with Crippen molar-refractivity contribution in [3.8, 4) is 0 Å². The number of aliphatic hydroxyl groups is 1. The number of hydrogen-bond acceptors (Lipinski definition) is 1. The summed E-state index contributed by atoms with van der Waals surface area (Å²) in [4.78, 5) is 0. The highest BCUT2D eigenvalue weighted by atomic mass is 16.3. The first-order chi connectivity index (χ1) is 7.12. The van der Waals surface area contributed by atoms with Crippen molar-refractivity contribution in [3.05, 3.63) is 0 Å². The molecule has 0 aliphatic heterocycles. The molecule has 1 fully saturated rings. The highest BCUT2D eigenvalue weighted by Crippen LogP contribution is 2.40. The van der Waals surface area contributed by atoms with Gasteiger partial charge in [-0.1, -0.05) is 46.5 Å². The molecule has 0 aromatic carbocycles. The summed E-state index contributed by atoms with van der Waals surface area (Å²) in [5.41, 5.74) is -0.349. The molecule has 1 aliphatic rings. The highest BCUT2D eigenvalue weighted by molar-refractivity contribution is 4.88. The predicted octanol–water partition coefficient (Wildman–Crippen LogP) is 4.14. The standard InChI is InChI=1S/C14H28O/c1-4-9-14(15,10-5-2)13-8-6-7-12(3)11-13/h12-13,15H,4-11H2,1-3H3. The lowest BCUT2D eigenvalue weighted by molar-refractivity contribution is -0.0544. The lowest BCUT2D eigenvalue weighted by Gasteiger charge is -2.40. The normalized spacial score (nSPS) is 28.0. The first-order valence-electron chi connectivity index (χ1n) is 6.84. The zero-order valence-corrected chi connectivity index (χ0v) is 10.8. The van der Waals surface area contributed by atoms with Gasteiger partial charge in [-0.3, -0.25) is 0 Å². The van der Waals surface area contributed by atoms with Crippen molar-refractivity contribution in [1.82, 2.24) is 0 Å². The van der Waals surface area contributed by atoms with E-state index in [1.165, 1.54) is 25.7 Å². The molecule has 15 heavy (non-hydrogen) atoms. The van der Waals surface area contributed by atoms with Crippen LogP contribution in [0.3, 0.4) is 0 Å². The van der Waals surface area contributed by atoms with Crippen LogP contribution in [-0.2, 0) is 0 Å². The lowest BCUT2D eigenvalue weighted by atomic mass is 9.70. The fourth-order valence-electron chi connectivity index (χ4n) is 3.32. The summed E-state index contributed by atoms with van der Waals surface area (Å²) in [6.07, 6.45) is 9.41. The molecular weight excluding hydrogens is 184 g/mol. The molecule has 2 atom stereocenters. The van der Waals surface area contributed by atoms with Crippen LogP contribution in [0.15, 0.2) is 0 Å². The molecule has 1 heteroatoms. The molecule has 0 bridgehead atoms. The van der Waals surface area contributed by atoms with Crippen molar-refractivity contribution in [2.75, 3.05) is 0 Å². The van der Waals surface area contributed by atoms with Gasteiger partial charge in [0.25, 0.3) is 0 Å². The Bertz CT molecular complexity index is 170. The van der Waals surface area contributed by atoms with E-state index in [1.807, 2.05) is 0 Å². The van der Waals surface area contributed by atoms with Crippen LogP contribution in [0.2, 0.25) is 0 Å². The van der Waals surface area contributed by atoms with Gasteiger partial charge in [-0.15, -0.1) is 0 Å². The average Bonchev–Trinajstić information content (AvgIpc) is 2.18. The zero-order valence-electron chi connectivity index (χ0n) is 10.8. The Morgan fingerprint density at radius 2 is 1.73 bits per heavy atom. The van der Waals surface area contributed by atoms with Crippen molar-refractivity contribution >= 4 is 0 Å². The third-order valence-corrected chi connectivity index (χ3v) is 4.06. The summed E-state index contributed by atoms with van der Waals surface area (Å²) >= 11 is 0. The Kier molecular flexibility index (Phi) is 5.11. The van der Waals surface area contributed by atoms with E-state index in [9.17, 15) is 5.11 Å². The summed E-state index contributed by atoms with van der Waals surface area (Å²) in [6, 6.07) is 0. The Labute approximate surface area is 95.3 Å². The molecule has 0 saturated heterocycles. The monoisotopic (exact) mass is 212 g/mol. The fourth-order valence-corrected chi connectivity index (χ4v) is 3.32. The van der Waals surface area contributed by atoms with Crippen LogP contribution in [0.1, 0.15) is 72.1 Å². The van der Waals surface area contributed by atoms with E-state index in [-0.39, 0.29) is 5.60 Å². The molecule has 1 saturated carbocycles. The Hall–Kier alpha value is -0.0400. The third kappa shape index (κ3) is 3.48. The van der Waals surface area contributed by atoms with Crippen molar-refractivity contribution in [3.63, 3.8) is 0 Å². The Morgan fingerprint density at radius 1 is 1.13 bits per heavy atom. The van der Waals surface area contributed by atoms with Gasteiger partial charge in [-0.05, 0) is 37.5 Å². The second kappa shape index (κ2) is 5.89. The van der Waals surface area contributed by atoms with Crippen LogP contribution in [-0.4, -0.2) is 10.7 Å². The van der Waals surface area contributed by atoms with Crippen LogP contribution in [0.4, 0.5) is 0 Å². The first kappa shape index (κ1) is 13.0. The minimum atomic E-state index is -0.349. The van der Waals surface area contributed by atoms with Gasteiger partial charge in [-0.25, -0.2) is 0 Å². The van der Waals surface area contributed by atoms with Gasteiger partial charge < -0.3 is 5.11 Å². The average molecular weight is 212 g/mol. The summed E-state index contributed by atoms with van der Waals surface area (Å²) in [6.45, 7) is 6.71. The van der Waals surface area contributed by atoms with Crippen LogP contribution in [0.5, 0.6) is 0 Å². The van der Waals surface area contributed by atoms with Gasteiger partial charge in [-0.2, -0.15) is 0 Å². The Balaban J connectivity index is 2.60.